The van der Waals surface area contributed by atoms with Gasteiger partial charge in [0.1, 0.15) is 5.69 Å². The zero-order valence-corrected chi connectivity index (χ0v) is 18.8. The maximum Gasteiger partial charge on any atom is 0.390 e. The summed E-state index contributed by atoms with van der Waals surface area (Å²) in [7, 11) is 1.82. The van der Waals surface area contributed by atoms with Gasteiger partial charge in [0.15, 0.2) is 7.05 Å². The summed E-state index contributed by atoms with van der Waals surface area (Å²) in [5, 5.41) is 0. The van der Waals surface area contributed by atoms with Crippen LogP contribution in [0.15, 0.2) is 42.5 Å². The Labute approximate surface area is 186 Å². The second-order valence-corrected chi connectivity index (χ2v) is 9.56. The summed E-state index contributed by atoms with van der Waals surface area (Å²) in [5.41, 5.74) is 3.53. The van der Waals surface area contributed by atoms with Gasteiger partial charge in [-0.2, -0.15) is 13.2 Å². The molecule has 0 saturated carbocycles. The molecule has 1 aliphatic heterocycles. The van der Waals surface area contributed by atoms with E-state index in [9.17, 15) is 13.2 Å². The molecule has 1 aromatic heterocycles. The third-order valence-corrected chi connectivity index (χ3v) is 7.15. The van der Waals surface area contributed by atoms with Gasteiger partial charge in [0.25, 0.3) is 0 Å². The Morgan fingerprint density at radius 2 is 1.71 bits per heavy atom. The highest BCUT2D eigenvalue weighted by molar-refractivity contribution is 5.63. The Hall–Kier alpha value is -2.56. The summed E-state index contributed by atoms with van der Waals surface area (Å²) in [4.78, 5) is 0. The molecule has 4 rings (SSSR count). The second kappa shape index (κ2) is 6.72. The van der Waals surface area contributed by atoms with E-state index in [2.05, 4.69) is 0 Å². The van der Waals surface area contributed by atoms with E-state index in [0.717, 1.165) is 22.4 Å². The molecule has 0 N–H and O–H groups in total. The Bertz CT molecular complexity index is 1290. The summed E-state index contributed by atoms with van der Waals surface area (Å²) in [6.07, 6.45) is -5.34. The summed E-state index contributed by atoms with van der Waals surface area (Å²) >= 11 is 0. The molecule has 1 aliphatic rings. The van der Waals surface area contributed by atoms with Gasteiger partial charge in [-0.3, -0.25) is 0 Å². The molecular formula is C26H30F3N2+. The van der Waals surface area contributed by atoms with Gasteiger partial charge in [-0.25, -0.2) is 0 Å². The minimum atomic E-state index is -4.36. The number of aryl methyl sites for hydroxylation is 3. The van der Waals surface area contributed by atoms with Gasteiger partial charge in [-0.1, -0.05) is 56.2 Å². The predicted molar refractivity (Wildman–Crippen MR) is 118 cm³/mol. The summed E-state index contributed by atoms with van der Waals surface area (Å²) < 4.78 is 69.2. The number of hydrogen-bond donors (Lipinski definition) is 0. The van der Waals surface area contributed by atoms with Gasteiger partial charge in [0.05, 0.1) is 12.1 Å². The van der Waals surface area contributed by atoms with E-state index >= 15 is 0 Å². The van der Waals surface area contributed by atoms with Crippen molar-refractivity contribution in [2.75, 3.05) is 0 Å². The molecule has 3 aromatic rings. The smallest absolute Gasteiger partial charge is 0.171 e. The highest BCUT2D eigenvalue weighted by Crippen LogP contribution is 2.55. The van der Waals surface area contributed by atoms with E-state index in [0.29, 0.717) is 17.0 Å². The topological polar surface area (TPSA) is 8.81 Å². The molecule has 0 spiro atoms. The van der Waals surface area contributed by atoms with E-state index < -0.39 is 30.3 Å². The van der Waals surface area contributed by atoms with Crippen LogP contribution in [0.25, 0.3) is 16.9 Å². The molecule has 2 aromatic carbocycles. The van der Waals surface area contributed by atoms with Crippen LogP contribution in [0.3, 0.4) is 0 Å². The predicted octanol–water partition coefficient (Wildman–Crippen LogP) is 6.40. The lowest BCUT2D eigenvalue weighted by atomic mass is 9.57. The fourth-order valence-corrected chi connectivity index (χ4v) is 5.19. The first-order valence-electron chi connectivity index (χ1n) is 11.9. The van der Waals surface area contributed by atoms with Crippen molar-refractivity contribution in [3.05, 3.63) is 70.4 Å². The normalized spacial score (nSPS) is 21.6. The van der Waals surface area contributed by atoms with Gasteiger partial charge in [0.2, 0.25) is 5.69 Å². The van der Waals surface area contributed by atoms with Crippen molar-refractivity contribution >= 4 is 0 Å². The minimum Gasteiger partial charge on any atom is -0.171 e. The van der Waals surface area contributed by atoms with Crippen molar-refractivity contribution in [1.29, 1.82) is 0 Å². The Morgan fingerprint density at radius 1 is 1.03 bits per heavy atom. The van der Waals surface area contributed by atoms with Gasteiger partial charge in [-0.15, -0.1) is 9.36 Å². The molecule has 2 nitrogen and oxygen atoms in total. The monoisotopic (exact) mass is 430 g/mol. The van der Waals surface area contributed by atoms with Gasteiger partial charge in [0, 0.05) is 26.6 Å². The van der Waals surface area contributed by atoms with Crippen molar-refractivity contribution in [2.24, 2.45) is 7.05 Å². The van der Waals surface area contributed by atoms with E-state index in [1.54, 1.807) is 25.1 Å². The van der Waals surface area contributed by atoms with E-state index in [1.807, 2.05) is 68.4 Å². The van der Waals surface area contributed by atoms with Crippen LogP contribution in [0, 0.1) is 20.7 Å². The van der Waals surface area contributed by atoms with Crippen LogP contribution in [0.4, 0.5) is 13.2 Å². The molecule has 0 aliphatic carbocycles. The molecule has 0 fully saturated rings. The van der Waals surface area contributed by atoms with E-state index in [1.165, 1.54) is 0 Å². The summed E-state index contributed by atoms with van der Waals surface area (Å²) in [5.74, 6) is 0. The lowest BCUT2D eigenvalue weighted by molar-refractivity contribution is -0.735. The number of halogens is 3. The maximum atomic E-state index is 14.0. The fourth-order valence-electron chi connectivity index (χ4n) is 5.19. The minimum absolute atomic E-state index is 0.210. The number of aromatic nitrogens is 2. The molecule has 1 atom stereocenters. The summed E-state index contributed by atoms with van der Waals surface area (Å²) in [6.45, 7) is 6.95. The molecule has 0 bridgehead atoms. The molecule has 31 heavy (non-hydrogen) atoms. The van der Waals surface area contributed by atoms with E-state index in [4.69, 9.17) is 4.11 Å². The Balaban J connectivity index is 2.08. The van der Waals surface area contributed by atoms with E-state index in [-0.39, 0.29) is 5.56 Å². The fraction of sp³-hybridized carbons (Fsp3) is 0.423. The van der Waals surface area contributed by atoms with Crippen molar-refractivity contribution < 1.29 is 22.0 Å². The molecule has 1 unspecified atom stereocenters. The first-order valence-corrected chi connectivity index (χ1v) is 10.4. The third kappa shape index (κ3) is 3.20. The zero-order chi connectivity index (χ0) is 25.4. The average molecular weight is 431 g/mol. The number of rotatable bonds is 2. The van der Waals surface area contributed by atoms with Crippen LogP contribution in [0.5, 0.6) is 0 Å². The quantitative estimate of drug-likeness (QED) is 0.416. The van der Waals surface area contributed by atoms with Crippen LogP contribution < -0.4 is 4.68 Å². The maximum absolute atomic E-state index is 14.0. The summed E-state index contributed by atoms with van der Waals surface area (Å²) in [6, 6.07) is 12.7. The highest BCUT2D eigenvalue weighted by Gasteiger charge is 2.57. The first kappa shape index (κ1) is 18.1. The second-order valence-electron chi connectivity index (χ2n) is 9.56. The highest BCUT2D eigenvalue weighted by atomic mass is 19.4. The Morgan fingerprint density at radius 3 is 2.35 bits per heavy atom. The van der Waals surface area contributed by atoms with Crippen molar-refractivity contribution in [1.82, 2.24) is 4.68 Å². The van der Waals surface area contributed by atoms with Crippen molar-refractivity contribution in [3.63, 3.8) is 0 Å². The molecular weight excluding hydrogens is 397 g/mol. The number of para-hydroxylation sites is 1. The SMILES string of the molecule is [2H]C([2H])([2H])c1cc(C)cc(-c2cc3n([n+]2C)-c2c(C)cccc2C(C)(C)C3(C)CC(F)(F)F)c1. The largest absolute Gasteiger partial charge is 0.390 e. The molecule has 0 radical (unpaired) electrons. The van der Waals surface area contributed by atoms with Gasteiger partial charge in [-0.05, 0) is 44.0 Å². The number of benzene rings is 2. The number of alkyl halides is 3. The molecule has 0 amide bonds. The third-order valence-electron chi connectivity index (χ3n) is 7.15. The van der Waals surface area contributed by atoms with Crippen LogP contribution in [0.2, 0.25) is 0 Å². The molecule has 0 saturated heterocycles. The van der Waals surface area contributed by atoms with Gasteiger partial charge >= 0.3 is 6.18 Å². The van der Waals surface area contributed by atoms with Crippen molar-refractivity contribution in [2.45, 2.75) is 64.9 Å². The number of hydrogen-bond acceptors (Lipinski definition) is 0. The number of nitrogens with zero attached hydrogens (tertiary/aromatic N) is 2. The van der Waals surface area contributed by atoms with Crippen LogP contribution >= 0.6 is 0 Å². The standard InChI is InChI=1S/C26H30F3N2/c1-16-11-17(2)13-19(12-16)21-14-22-25(6,15-26(27,28)29)24(4,5)20-10-8-9-18(3)23(20)31(22)30(21)7/h8-14H,15H2,1-7H3/q+1/i1D3. The zero-order valence-electron chi connectivity index (χ0n) is 21.8. The molecule has 164 valence electrons. The van der Waals surface area contributed by atoms with Gasteiger partial charge < -0.3 is 0 Å². The average Bonchev–Trinajstić information content (AvgIpc) is 3.02. The van der Waals surface area contributed by atoms with Crippen LogP contribution in [-0.4, -0.2) is 10.9 Å². The lowest BCUT2D eigenvalue weighted by Gasteiger charge is -2.48. The van der Waals surface area contributed by atoms with Crippen LogP contribution in [0.1, 0.15) is 59.3 Å². The lowest BCUT2D eigenvalue weighted by Crippen LogP contribution is -2.54. The molecule has 2 heterocycles. The first-order chi connectivity index (χ1) is 15.5. The van der Waals surface area contributed by atoms with Crippen LogP contribution in [-0.2, 0) is 17.9 Å². The molecule has 5 heteroatoms. The Kier molecular flexibility index (Phi) is 3.91. The number of fused-ring (bicyclic) bond motifs is 3. The van der Waals surface area contributed by atoms with Crippen molar-refractivity contribution in [3.8, 4) is 16.9 Å².